The van der Waals surface area contributed by atoms with Crippen molar-refractivity contribution in [2.45, 2.75) is 12.5 Å². The standard InChI is InChI=1S/C12H13BrFNO5S/c1-21(19,20)6-5-9(12(17)18)15-11(16)7-3-2-4-8(14)10(7)13/h2-4,9H,5-6H2,1H3,(H,15,16)(H,17,18). The lowest BCUT2D eigenvalue weighted by Crippen LogP contribution is -2.42. The van der Waals surface area contributed by atoms with Crippen molar-refractivity contribution < 1.29 is 27.5 Å². The normalized spacial score (nSPS) is 12.7. The Morgan fingerprint density at radius 3 is 2.57 bits per heavy atom. The van der Waals surface area contributed by atoms with Crippen molar-refractivity contribution >= 4 is 37.6 Å². The molecule has 1 aromatic carbocycles. The van der Waals surface area contributed by atoms with Gasteiger partial charge >= 0.3 is 5.97 Å². The molecule has 0 saturated carbocycles. The van der Waals surface area contributed by atoms with Crippen molar-refractivity contribution in [2.75, 3.05) is 12.0 Å². The zero-order valence-corrected chi connectivity index (χ0v) is 13.4. The minimum atomic E-state index is -3.35. The molecule has 0 bridgehead atoms. The third kappa shape index (κ3) is 5.43. The molecule has 0 fully saturated rings. The topological polar surface area (TPSA) is 101 Å². The first-order chi connectivity index (χ1) is 9.61. The van der Waals surface area contributed by atoms with Crippen LogP contribution in [0.2, 0.25) is 0 Å². The summed E-state index contributed by atoms with van der Waals surface area (Å²) in [5, 5.41) is 11.2. The number of carbonyl (C=O) groups is 2. The summed E-state index contributed by atoms with van der Waals surface area (Å²) in [5.41, 5.74) is -0.0689. The second kappa shape index (κ2) is 6.99. The number of amides is 1. The Labute approximate surface area is 129 Å². The number of carboxylic acid groups (broad SMARTS) is 1. The van der Waals surface area contributed by atoms with Gasteiger partial charge in [-0.2, -0.15) is 0 Å². The number of sulfone groups is 1. The van der Waals surface area contributed by atoms with Crippen LogP contribution in [-0.4, -0.2) is 43.5 Å². The molecule has 0 spiro atoms. The van der Waals surface area contributed by atoms with Gasteiger partial charge < -0.3 is 10.4 Å². The Balaban J connectivity index is 2.86. The molecule has 0 aliphatic heterocycles. The second-order valence-corrected chi connectivity index (χ2v) is 7.44. The maximum Gasteiger partial charge on any atom is 0.326 e. The fraction of sp³-hybridized carbons (Fsp3) is 0.333. The first-order valence-corrected chi connectivity index (χ1v) is 8.62. The average Bonchev–Trinajstić information content (AvgIpc) is 2.36. The summed E-state index contributed by atoms with van der Waals surface area (Å²) in [6, 6.07) is 2.39. The monoisotopic (exact) mass is 381 g/mol. The molecule has 0 saturated heterocycles. The Morgan fingerprint density at radius 2 is 2.05 bits per heavy atom. The van der Waals surface area contributed by atoms with E-state index in [1.54, 1.807) is 0 Å². The summed E-state index contributed by atoms with van der Waals surface area (Å²) in [5.74, 6) is -3.21. The van der Waals surface area contributed by atoms with Crippen molar-refractivity contribution in [1.82, 2.24) is 5.32 Å². The van der Waals surface area contributed by atoms with E-state index >= 15 is 0 Å². The molecule has 1 aromatic rings. The van der Waals surface area contributed by atoms with Gasteiger partial charge in [0.05, 0.1) is 15.8 Å². The average molecular weight is 382 g/mol. The van der Waals surface area contributed by atoms with Crippen LogP contribution in [0.1, 0.15) is 16.8 Å². The van der Waals surface area contributed by atoms with E-state index in [-0.39, 0.29) is 22.2 Å². The number of nitrogens with one attached hydrogen (secondary N) is 1. The van der Waals surface area contributed by atoms with Gasteiger partial charge in [0.25, 0.3) is 5.91 Å². The van der Waals surface area contributed by atoms with E-state index in [2.05, 4.69) is 21.2 Å². The van der Waals surface area contributed by atoms with Gasteiger partial charge in [0.15, 0.2) is 0 Å². The van der Waals surface area contributed by atoms with Gasteiger partial charge in [-0.3, -0.25) is 4.79 Å². The molecule has 0 aromatic heterocycles. The van der Waals surface area contributed by atoms with Crippen molar-refractivity contribution in [1.29, 1.82) is 0 Å². The molecule has 0 aliphatic carbocycles. The summed E-state index contributed by atoms with van der Waals surface area (Å²) >= 11 is 2.90. The summed E-state index contributed by atoms with van der Waals surface area (Å²) < 4.78 is 35.3. The van der Waals surface area contributed by atoms with Gasteiger partial charge in [0.2, 0.25) is 0 Å². The third-order valence-corrected chi connectivity index (χ3v) is 4.36. The van der Waals surface area contributed by atoms with Crippen molar-refractivity contribution in [3.8, 4) is 0 Å². The van der Waals surface area contributed by atoms with Gasteiger partial charge in [-0.25, -0.2) is 17.6 Å². The Morgan fingerprint density at radius 1 is 1.43 bits per heavy atom. The second-order valence-electron chi connectivity index (χ2n) is 4.38. The first kappa shape index (κ1) is 17.6. The quantitative estimate of drug-likeness (QED) is 0.770. The van der Waals surface area contributed by atoms with Crippen LogP contribution in [0, 0.1) is 5.82 Å². The van der Waals surface area contributed by atoms with Crippen LogP contribution < -0.4 is 5.32 Å². The first-order valence-electron chi connectivity index (χ1n) is 5.77. The minimum absolute atomic E-state index is 0.0689. The molecule has 9 heteroatoms. The molecular formula is C12H13BrFNO5S. The summed E-state index contributed by atoms with van der Waals surface area (Å²) in [6.45, 7) is 0. The van der Waals surface area contributed by atoms with E-state index in [1.807, 2.05) is 0 Å². The van der Waals surface area contributed by atoms with Crippen LogP contribution in [0.3, 0.4) is 0 Å². The summed E-state index contributed by atoms with van der Waals surface area (Å²) in [4.78, 5) is 23.0. The van der Waals surface area contributed by atoms with Crippen LogP contribution in [0.15, 0.2) is 22.7 Å². The molecule has 21 heavy (non-hydrogen) atoms. The van der Waals surface area contributed by atoms with Crippen LogP contribution in [0.5, 0.6) is 0 Å². The molecule has 0 radical (unpaired) electrons. The maximum atomic E-state index is 13.3. The van der Waals surface area contributed by atoms with E-state index in [4.69, 9.17) is 5.11 Å². The van der Waals surface area contributed by atoms with E-state index in [0.717, 1.165) is 12.3 Å². The highest BCUT2D eigenvalue weighted by molar-refractivity contribution is 9.10. The molecule has 2 N–H and O–H groups in total. The van der Waals surface area contributed by atoms with Crippen LogP contribution in [0.25, 0.3) is 0 Å². The van der Waals surface area contributed by atoms with Crippen LogP contribution >= 0.6 is 15.9 Å². The van der Waals surface area contributed by atoms with Crippen molar-refractivity contribution in [2.24, 2.45) is 0 Å². The summed E-state index contributed by atoms with van der Waals surface area (Å²) in [6.07, 6.45) is 0.698. The van der Waals surface area contributed by atoms with Gasteiger partial charge in [-0.05, 0) is 34.5 Å². The van der Waals surface area contributed by atoms with Crippen molar-refractivity contribution in [3.05, 3.63) is 34.1 Å². The van der Waals surface area contributed by atoms with E-state index < -0.39 is 33.6 Å². The lowest BCUT2D eigenvalue weighted by molar-refractivity contribution is -0.139. The number of aliphatic carboxylic acids is 1. The molecule has 0 heterocycles. The van der Waals surface area contributed by atoms with Crippen LogP contribution in [0.4, 0.5) is 4.39 Å². The highest BCUT2D eigenvalue weighted by Crippen LogP contribution is 2.20. The molecule has 6 nitrogen and oxygen atoms in total. The minimum Gasteiger partial charge on any atom is -0.480 e. The van der Waals surface area contributed by atoms with Gasteiger partial charge in [-0.15, -0.1) is 0 Å². The zero-order chi connectivity index (χ0) is 16.2. The molecule has 1 unspecified atom stereocenters. The molecule has 1 amide bonds. The molecule has 1 atom stereocenters. The lowest BCUT2D eigenvalue weighted by atomic mass is 10.1. The predicted molar refractivity (Wildman–Crippen MR) is 77.3 cm³/mol. The van der Waals surface area contributed by atoms with E-state index in [1.165, 1.54) is 12.1 Å². The van der Waals surface area contributed by atoms with Crippen LogP contribution in [-0.2, 0) is 14.6 Å². The maximum absolute atomic E-state index is 13.3. The fourth-order valence-electron chi connectivity index (χ4n) is 1.50. The van der Waals surface area contributed by atoms with Crippen molar-refractivity contribution in [3.63, 3.8) is 0 Å². The number of halogens is 2. The number of benzene rings is 1. The highest BCUT2D eigenvalue weighted by Gasteiger charge is 2.23. The number of hydrogen-bond donors (Lipinski definition) is 2. The SMILES string of the molecule is CS(=O)(=O)CCC(NC(=O)c1cccc(F)c1Br)C(=O)O. The van der Waals surface area contributed by atoms with Gasteiger partial charge in [0, 0.05) is 6.26 Å². The zero-order valence-electron chi connectivity index (χ0n) is 11.0. The number of rotatable bonds is 6. The van der Waals surface area contributed by atoms with E-state index in [9.17, 15) is 22.4 Å². The summed E-state index contributed by atoms with van der Waals surface area (Å²) in [7, 11) is -3.35. The molecule has 1 rings (SSSR count). The molecular weight excluding hydrogens is 369 g/mol. The lowest BCUT2D eigenvalue weighted by Gasteiger charge is -2.14. The smallest absolute Gasteiger partial charge is 0.326 e. The Kier molecular flexibility index (Phi) is 5.85. The Hall–Kier alpha value is -1.48. The fourth-order valence-corrected chi connectivity index (χ4v) is 2.61. The third-order valence-electron chi connectivity index (χ3n) is 2.58. The predicted octanol–water partition coefficient (Wildman–Crippen LogP) is 1.21. The van der Waals surface area contributed by atoms with Gasteiger partial charge in [0.1, 0.15) is 21.7 Å². The Bertz CT molecular complexity index is 662. The number of carbonyl (C=O) groups excluding carboxylic acids is 1. The highest BCUT2D eigenvalue weighted by atomic mass is 79.9. The molecule has 116 valence electrons. The van der Waals surface area contributed by atoms with Gasteiger partial charge in [-0.1, -0.05) is 6.07 Å². The largest absolute Gasteiger partial charge is 0.480 e. The number of carboxylic acids is 1. The molecule has 0 aliphatic rings. The van der Waals surface area contributed by atoms with E-state index in [0.29, 0.717) is 0 Å². The number of hydrogen-bond acceptors (Lipinski definition) is 4.